The highest BCUT2D eigenvalue weighted by molar-refractivity contribution is 14.0. The van der Waals surface area contributed by atoms with Crippen molar-refractivity contribution in [1.82, 2.24) is 10.6 Å². The third kappa shape index (κ3) is 5.41. The van der Waals surface area contributed by atoms with Gasteiger partial charge in [-0.2, -0.15) is 0 Å². The monoisotopic (exact) mass is 393 g/mol. The molecule has 2 aliphatic rings. The molecule has 0 radical (unpaired) electrons. The van der Waals surface area contributed by atoms with E-state index in [-0.39, 0.29) is 24.0 Å². The molecule has 118 valence electrons. The minimum atomic E-state index is 0. The summed E-state index contributed by atoms with van der Waals surface area (Å²) in [6.45, 7) is 7.94. The minimum absolute atomic E-state index is 0. The van der Waals surface area contributed by atoms with Gasteiger partial charge in [0.1, 0.15) is 0 Å². The van der Waals surface area contributed by atoms with E-state index in [1.54, 1.807) is 0 Å². The van der Waals surface area contributed by atoms with Crippen LogP contribution < -0.4 is 10.6 Å². The van der Waals surface area contributed by atoms with Crippen molar-refractivity contribution in [1.29, 1.82) is 0 Å². The van der Waals surface area contributed by atoms with Gasteiger partial charge in [0.25, 0.3) is 0 Å². The topological polar surface area (TPSA) is 36.4 Å². The fourth-order valence-electron chi connectivity index (χ4n) is 2.93. The Hall–Kier alpha value is 0. The number of hydrogen-bond donors (Lipinski definition) is 2. The lowest BCUT2D eigenvalue weighted by Crippen LogP contribution is -2.44. The Bertz CT molecular complexity index is 320. The average Bonchev–Trinajstić information content (AvgIpc) is 3.24. The van der Waals surface area contributed by atoms with Gasteiger partial charge in [0.05, 0.1) is 0 Å². The van der Waals surface area contributed by atoms with Crippen molar-refractivity contribution >= 4 is 29.9 Å². The second kappa shape index (κ2) is 7.85. The maximum atomic E-state index is 4.36. The number of aliphatic imine (C=N–C) groups is 1. The van der Waals surface area contributed by atoms with Crippen LogP contribution in [0, 0.1) is 17.3 Å². The van der Waals surface area contributed by atoms with E-state index in [2.05, 4.69) is 36.4 Å². The van der Waals surface area contributed by atoms with Gasteiger partial charge < -0.3 is 10.6 Å². The zero-order chi connectivity index (χ0) is 13.9. The van der Waals surface area contributed by atoms with Gasteiger partial charge in [-0.05, 0) is 62.7 Å². The molecule has 0 saturated heterocycles. The van der Waals surface area contributed by atoms with Crippen LogP contribution in [0.25, 0.3) is 0 Å². The Labute approximate surface area is 141 Å². The van der Waals surface area contributed by atoms with Crippen LogP contribution in [-0.2, 0) is 0 Å². The number of hydrogen-bond acceptors (Lipinski definition) is 1. The van der Waals surface area contributed by atoms with Crippen LogP contribution in [0.4, 0.5) is 0 Å². The van der Waals surface area contributed by atoms with Gasteiger partial charge in [0.2, 0.25) is 0 Å². The molecule has 2 N–H and O–H groups in total. The lowest BCUT2D eigenvalue weighted by Gasteiger charge is -2.21. The van der Waals surface area contributed by atoms with E-state index < -0.39 is 0 Å². The quantitative estimate of drug-likeness (QED) is 0.392. The van der Waals surface area contributed by atoms with E-state index in [9.17, 15) is 0 Å². The van der Waals surface area contributed by atoms with Crippen LogP contribution in [-0.4, -0.2) is 25.6 Å². The van der Waals surface area contributed by atoms with Gasteiger partial charge in [-0.3, -0.25) is 4.99 Å². The molecule has 1 unspecified atom stereocenters. The standard InChI is InChI=1S/C16H31N3.HI/c1-12(2)5-6-13(3)19-15(17-4)18-11-16(9-10-16)14-7-8-14;/h12-14H,5-11H2,1-4H3,(H2,17,18,19);1H. The van der Waals surface area contributed by atoms with Crippen molar-refractivity contribution in [2.24, 2.45) is 22.2 Å². The molecule has 0 heterocycles. The molecule has 4 heteroatoms. The van der Waals surface area contributed by atoms with E-state index in [0.29, 0.717) is 11.5 Å². The summed E-state index contributed by atoms with van der Waals surface area (Å²) in [4.78, 5) is 4.36. The number of halogens is 1. The lowest BCUT2D eigenvalue weighted by atomic mass is 10.0. The Morgan fingerprint density at radius 3 is 2.30 bits per heavy atom. The van der Waals surface area contributed by atoms with Crippen LogP contribution in [0.15, 0.2) is 4.99 Å². The van der Waals surface area contributed by atoms with Gasteiger partial charge in [-0.15, -0.1) is 24.0 Å². The average molecular weight is 393 g/mol. The number of guanidine groups is 1. The third-order valence-corrected chi connectivity index (χ3v) is 4.73. The fourth-order valence-corrected chi connectivity index (χ4v) is 2.93. The summed E-state index contributed by atoms with van der Waals surface area (Å²) in [5, 5.41) is 7.07. The van der Waals surface area contributed by atoms with Crippen molar-refractivity contribution in [3.8, 4) is 0 Å². The summed E-state index contributed by atoms with van der Waals surface area (Å²) < 4.78 is 0. The number of nitrogens with one attached hydrogen (secondary N) is 2. The first-order chi connectivity index (χ1) is 9.05. The highest BCUT2D eigenvalue weighted by atomic mass is 127. The van der Waals surface area contributed by atoms with E-state index >= 15 is 0 Å². The maximum Gasteiger partial charge on any atom is 0.191 e. The van der Waals surface area contributed by atoms with Gasteiger partial charge in [0, 0.05) is 19.6 Å². The summed E-state index contributed by atoms with van der Waals surface area (Å²) in [5.41, 5.74) is 0.638. The molecule has 0 aromatic rings. The van der Waals surface area contributed by atoms with Crippen LogP contribution in [0.2, 0.25) is 0 Å². The molecule has 2 rings (SSSR count). The molecule has 0 aliphatic heterocycles. The molecule has 0 aromatic carbocycles. The minimum Gasteiger partial charge on any atom is -0.356 e. The molecule has 0 spiro atoms. The normalized spacial score (nSPS) is 22.1. The number of nitrogens with zero attached hydrogens (tertiary/aromatic N) is 1. The summed E-state index contributed by atoms with van der Waals surface area (Å²) in [5.74, 6) is 2.78. The highest BCUT2D eigenvalue weighted by Gasteiger charge is 2.53. The van der Waals surface area contributed by atoms with E-state index in [0.717, 1.165) is 24.3 Å². The molecule has 2 saturated carbocycles. The zero-order valence-corrected chi connectivity index (χ0v) is 15.9. The van der Waals surface area contributed by atoms with Crippen molar-refractivity contribution in [2.45, 2.75) is 65.3 Å². The van der Waals surface area contributed by atoms with Crippen LogP contribution >= 0.6 is 24.0 Å². The van der Waals surface area contributed by atoms with Crippen LogP contribution in [0.3, 0.4) is 0 Å². The molecule has 3 nitrogen and oxygen atoms in total. The lowest BCUT2D eigenvalue weighted by molar-refractivity contribution is 0.427. The summed E-state index contributed by atoms with van der Waals surface area (Å²) in [7, 11) is 1.88. The van der Waals surface area contributed by atoms with Crippen LogP contribution in [0.5, 0.6) is 0 Å². The third-order valence-electron chi connectivity index (χ3n) is 4.73. The predicted molar refractivity (Wildman–Crippen MR) is 97.8 cm³/mol. The molecular formula is C16H32IN3. The highest BCUT2D eigenvalue weighted by Crippen LogP contribution is 2.60. The molecule has 2 fully saturated rings. The maximum absolute atomic E-state index is 4.36. The Morgan fingerprint density at radius 2 is 1.85 bits per heavy atom. The zero-order valence-electron chi connectivity index (χ0n) is 13.5. The molecule has 20 heavy (non-hydrogen) atoms. The predicted octanol–water partition coefficient (Wildman–Crippen LogP) is 3.78. The SMILES string of the molecule is CN=C(NCC1(C2CC2)CC1)NC(C)CCC(C)C.I. The molecule has 0 aromatic heterocycles. The van der Waals surface area contributed by atoms with Gasteiger partial charge >= 0.3 is 0 Å². The van der Waals surface area contributed by atoms with Crippen LogP contribution in [0.1, 0.15) is 59.3 Å². The van der Waals surface area contributed by atoms with Crippen molar-refractivity contribution in [3.05, 3.63) is 0 Å². The summed E-state index contributed by atoms with van der Waals surface area (Å²) in [6.07, 6.45) is 8.25. The van der Waals surface area contributed by atoms with Gasteiger partial charge in [0.15, 0.2) is 5.96 Å². The van der Waals surface area contributed by atoms with Gasteiger partial charge in [-0.25, -0.2) is 0 Å². The van der Waals surface area contributed by atoms with Crippen molar-refractivity contribution < 1.29 is 0 Å². The molecule has 1 atom stereocenters. The van der Waals surface area contributed by atoms with Crippen molar-refractivity contribution in [3.63, 3.8) is 0 Å². The first-order valence-corrected chi connectivity index (χ1v) is 8.03. The Morgan fingerprint density at radius 1 is 1.20 bits per heavy atom. The second-order valence-corrected chi connectivity index (χ2v) is 7.08. The summed E-state index contributed by atoms with van der Waals surface area (Å²) >= 11 is 0. The van der Waals surface area contributed by atoms with Crippen molar-refractivity contribution in [2.75, 3.05) is 13.6 Å². The molecular weight excluding hydrogens is 361 g/mol. The van der Waals surface area contributed by atoms with Gasteiger partial charge in [-0.1, -0.05) is 13.8 Å². The largest absolute Gasteiger partial charge is 0.356 e. The molecule has 2 aliphatic carbocycles. The second-order valence-electron chi connectivity index (χ2n) is 7.08. The smallest absolute Gasteiger partial charge is 0.191 e. The van der Waals surface area contributed by atoms with E-state index in [4.69, 9.17) is 0 Å². The molecule has 0 bridgehead atoms. The Kier molecular flexibility index (Phi) is 7.09. The van der Waals surface area contributed by atoms with E-state index in [1.807, 2.05) is 7.05 Å². The van der Waals surface area contributed by atoms with E-state index in [1.165, 1.54) is 38.5 Å². The number of rotatable bonds is 7. The first-order valence-electron chi connectivity index (χ1n) is 8.03. The first kappa shape index (κ1) is 18.1. The Balaban J connectivity index is 0.00000200. The summed E-state index contributed by atoms with van der Waals surface area (Å²) in [6, 6.07) is 0.504. The fraction of sp³-hybridized carbons (Fsp3) is 0.938. The molecule has 0 amide bonds.